The van der Waals surface area contributed by atoms with Crippen molar-refractivity contribution in [3.05, 3.63) is 24.3 Å². The Hall–Kier alpha value is -1.66. The van der Waals surface area contributed by atoms with Gasteiger partial charge in [0.25, 0.3) is 0 Å². The Morgan fingerprint density at radius 1 is 0.483 bits per heavy atom. The van der Waals surface area contributed by atoms with Crippen molar-refractivity contribution in [1.29, 1.82) is 0 Å². The van der Waals surface area contributed by atoms with Gasteiger partial charge in [-0.2, -0.15) is 0 Å². The Balaban J connectivity index is 3.46. The van der Waals surface area contributed by atoms with Crippen molar-refractivity contribution < 1.29 is 24.5 Å². The molecule has 3 N–H and O–H groups in total. The van der Waals surface area contributed by atoms with Crippen LogP contribution in [0.3, 0.4) is 0 Å². The number of ether oxygens (including phenoxy) is 1. The van der Waals surface area contributed by atoms with Crippen LogP contribution in [0.5, 0.6) is 0 Å². The molecule has 0 heterocycles. The van der Waals surface area contributed by atoms with E-state index in [0.717, 1.165) is 64.2 Å². The number of nitrogens with one attached hydrogen (secondary N) is 1. The van der Waals surface area contributed by atoms with Crippen LogP contribution in [0.15, 0.2) is 24.3 Å². The third kappa shape index (κ3) is 43.9. The molecule has 0 bridgehead atoms. The van der Waals surface area contributed by atoms with E-state index in [1.807, 2.05) is 0 Å². The zero-order chi connectivity index (χ0) is 42.3. The molecule has 0 saturated heterocycles. The maximum absolute atomic E-state index is 12.4. The van der Waals surface area contributed by atoms with Crippen LogP contribution in [0, 0.1) is 0 Å². The summed E-state index contributed by atoms with van der Waals surface area (Å²) in [4.78, 5) is 24.4. The van der Waals surface area contributed by atoms with Gasteiger partial charge in [0.15, 0.2) is 0 Å². The Labute approximate surface area is 361 Å². The fourth-order valence-electron chi connectivity index (χ4n) is 7.77. The minimum Gasteiger partial charge on any atom is -0.466 e. The van der Waals surface area contributed by atoms with Crippen LogP contribution < -0.4 is 5.32 Å². The van der Waals surface area contributed by atoms with E-state index in [1.165, 1.54) is 173 Å². The summed E-state index contributed by atoms with van der Waals surface area (Å²) < 4.78 is 5.45. The second-order valence-electron chi connectivity index (χ2n) is 17.5. The molecule has 0 aliphatic heterocycles. The van der Waals surface area contributed by atoms with Crippen molar-refractivity contribution in [2.24, 2.45) is 0 Å². The predicted octanol–water partition coefficient (Wildman–Crippen LogP) is 15.1. The number of aliphatic hydroxyl groups excluding tert-OH is 2. The van der Waals surface area contributed by atoms with Crippen molar-refractivity contribution in [1.82, 2.24) is 5.32 Å². The summed E-state index contributed by atoms with van der Waals surface area (Å²) in [5.41, 5.74) is 0. The topological polar surface area (TPSA) is 95.9 Å². The smallest absolute Gasteiger partial charge is 0.305 e. The van der Waals surface area contributed by atoms with Gasteiger partial charge in [0.1, 0.15) is 0 Å². The molecule has 2 unspecified atom stereocenters. The fraction of sp³-hybridized carbons (Fsp3) is 0.885. The molecule has 0 radical (unpaired) electrons. The minimum atomic E-state index is -0.672. The molecule has 6 heteroatoms. The molecule has 0 aliphatic rings. The average molecular weight is 818 g/mol. The zero-order valence-corrected chi connectivity index (χ0v) is 38.8. The standard InChI is InChI=1S/C52H99NO5/c1-3-5-7-9-11-13-15-17-20-24-28-32-36-40-44-50(55)49(48-54)53-51(56)45-41-37-33-29-25-21-19-23-27-31-35-39-43-47-58-52(57)46-42-38-34-30-26-22-18-16-14-12-10-8-6-4-2/h10,12,16,18,49-50,54-55H,3-9,11,13-15,17,19-48H2,1-2H3,(H,53,56)/b12-10-,18-16-. The molecular formula is C52H99NO5. The van der Waals surface area contributed by atoms with Crippen LogP contribution in [0.25, 0.3) is 0 Å². The Bertz CT molecular complexity index is 904. The molecule has 6 nitrogen and oxygen atoms in total. The molecule has 0 fully saturated rings. The van der Waals surface area contributed by atoms with E-state index in [0.29, 0.717) is 25.9 Å². The summed E-state index contributed by atoms with van der Waals surface area (Å²) in [6, 6.07) is -0.551. The average Bonchev–Trinajstić information content (AvgIpc) is 3.22. The number of rotatable bonds is 47. The summed E-state index contributed by atoms with van der Waals surface area (Å²) >= 11 is 0. The summed E-state index contributed by atoms with van der Waals surface area (Å²) in [5, 5.41) is 23.2. The van der Waals surface area contributed by atoms with Crippen molar-refractivity contribution in [3.63, 3.8) is 0 Å². The minimum absolute atomic E-state index is 0.0201. The second-order valence-corrected chi connectivity index (χ2v) is 17.5. The zero-order valence-electron chi connectivity index (χ0n) is 38.8. The Kier molecular flexibility index (Phi) is 46.6. The molecule has 0 aromatic carbocycles. The lowest BCUT2D eigenvalue weighted by molar-refractivity contribution is -0.143. The van der Waals surface area contributed by atoms with Crippen LogP contribution >= 0.6 is 0 Å². The van der Waals surface area contributed by atoms with Crippen molar-refractivity contribution in [3.8, 4) is 0 Å². The van der Waals surface area contributed by atoms with Crippen LogP contribution in [0.2, 0.25) is 0 Å². The number of carbonyl (C=O) groups is 2. The van der Waals surface area contributed by atoms with E-state index >= 15 is 0 Å². The number of hydrogen-bond donors (Lipinski definition) is 3. The number of hydrogen-bond acceptors (Lipinski definition) is 5. The van der Waals surface area contributed by atoms with Gasteiger partial charge in [0.05, 0.1) is 25.4 Å². The highest BCUT2D eigenvalue weighted by molar-refractivity contribution is 5.76. The molecule has 2 atom stereocenters. The van der Waals surface area contributed by atoms with E-state index in [2.05, 4.69) is 43.5 Å². The number of allylic oxidation sites excluding steroid dienone is 4. The molecule has 0 saturated carbocycles. The van der Waals surface area contributed by atoms with Gasteiger partial charge in [-0.05, 0) is 51.4 Å². The van der Waals surface area contributed by atoms with Crippen LogP contribution in [0.4, 0.5) is 0 Å². The first-order valence-corrected chi connectivity index (χ1v) is 25.6. The molecular weight excluding hydrogens is 719 g/mol. The lowest BCUT2D eigenvalue weighted by Crippen LogP contribution is -2.45. The maximum Gasteiger partial charge on any atom is 0.305 e. The molecule has 0 aromatic heterocycles. The molecule has 342 valence electrons. The summed E-state index contributed by atoms with van der Waals surface area (Å²) in [7, 11) is 0. The summed E-state index contributed by atoms with van der Waals surface area (Å²) in [6.07, 6.45) is 55.6. The highest BCUT2D eigenvalue weighted by Crippen LogP contribution is 2.16. The van der Waals surface area contributed by atoms with E-state index in [4.69, 9.17) is 4.74 Å². The first-order valence-electron chi connectivity index (χ1n) is 25.6. The summed E-state index contributed by atoms with van der Waals surface area (Å²) in [5.74, 6) is -0.0686. The van der Waals surface area contributed by atoms with Gasteiger partial charge in [-0.15, -0.1) is 0 Å². The van der Waals surface area contributed by atoms with Gasteiger partial charge in [-0.1, -0.05) is 231 Å². The van der Waals surface area contributed by atoms with Gasteiger partial charge >= 0.3 is 5.97 Å². The molecule has 1 amide bonds. The molecule has 0 aliphatic carbocycles. The van der Waals surface area contributed by atoms with Crippen LogP contribution in [-0.4, -0.2) is 47.4 Å². The lowest BCUT2D eigenvalue weighted by Gasteiger charge is -2.22. The van der Waals surface area contributed by atoms with E-state index < -0.39 is 12.1 Å². The van der Waals surface area contributed by atoms with E-state index in [9.17, 15) is 19.8 Å². The van der Waals surface area contributed by atoms with Crippen LogP contribution in [0.1, 0.15) is 271 Å². The van der Waals surface area contributed by atoms with E-state index in [1.54, 1.807) is 0 Å². The maximum atomic E-state index is 12.4. The SMILES string of the molecule is CCCC/C=C\C/C=C\CCCCCCCC(=O)OCCCCCCCCCCCCCCCC(=O)NC(CO)C(O)CCCCCCCCCCCCCCCC. The van der Waals surface area contributed by atoms with Crippen molar-refractivity contribution >= 4 is 11.9 Å². The van der Waals surface area contributed by atoms with Crippen LogP contribution in [-0.2, 0) is 14.3 Å². The van der Waals surface area contributed by atoms with Gasteiger partial charge in [0, 0.05) is 12.8 Å². The van der Waals surface area contributed by atoms with Crippen molar-refractivity contribution in [2.45, 2.75) is 283 Å². The highest BCUT2D eigenvalue weighted by Gasteiger charge is 2.20. The Morgan fingerprint density at radius 2 is 0.879 bits per heavy atom. The quantitative estimate of drug-likeness (QED) is 0.0323. The molecule has 0 aromatic rings. The molecule has 58 heavy (non-hydrogen) atoms. The van der Waals surface area contributed by atoms with Gasteiger partial charge in [0.2, 0.25) is 5.91 Å². The fourth-order valence-corrected chi connectivity index (χ4v) is 7.77. The highest BCUT2D eigenvalue weighted by atomic mass is 16.5. The molecule has 0 rings (SSSR count). The second kappa shape index (κ2) is 48.0. The molecule has 0 spiro atoms. The third-order valence-corrected chi connectivity index (χ3v) is 11.8. The number of carbonyl (C=O) groups excluding carboxylic acids is 2. The normalized spacial score (nSPS) is 12.8. The predicted molar refractivity (Wildman–Crippen MR) is 250 cm³/mol. The number of amides is 1. The van der Waals surface area contributed by atoms with Gasteiger partial charge in [-0.25, -0.2) is 0 Å². The monoisotopic (exact) mass is 818 g/mol. The third-order valence-electron chi connectivity index (χ3n) is 11.8. The van der Waals surface area contributed by atoms with Crippen molar-refractivity contribution in [2.75, 3.05) is 13.2 Å². The first kappa shape index (κ1) is 56.3. The summed E-state index contributed by atoms with van der Waals surface area (Å²) in [6.45, 7) is 4.88. The number of aliphatic hydroxyl groups is 2. The first-order chi connectivity index (χ1) is 28.5. The van der Waals surface area contributed by atoms with Gasteiger partial charge < -0.3 is 20.3 Å². The number of esters is 1. The Morgan fingerprint density at radius 3 is 1.36 bits per heavy atom. The largest absolute Gasteiger partial charge is 0.466 e. The lowest BCUT2D eigenvalue weighted by atomic mass is 10.0. The number of unbranched alkanes of at least 4 members (excludes halogenated alkanes) is 32. The van der Waals surface area contributed by atoms with Gasteiger partial charge in [-0.3, -0.25) is 9.59 Å². The van der Waals surface area contributed by atoms with E-state index in [-0.39, 0.29) is 18.5 Å².